The van der Waals surface area contributed by atoms with E-state index in [1.54, 1.807) is 30.2 Å². The number of rotatable bonds is 6. The van der Waals surface area contributed by atoms with Crippen molar-refractivity contribution in [3.05, 3.63) is 24.0 Å². The van der Waals surface area contributed by atoms with E-state index < -0.39 is 6.10 Å². The zero-order valence-corrected chi connectivity index (χ0v) is 9.96. The van der Waals surface area contributed by atoms with Gasteiger partial charge in [0.25, 0.3) is 0 Å². The number of methoxy groups -OCH3 is 1. The molecule has 0 radical (unpaired) electrons. The molecule has 17 heavy (non-hydrogen) atoms. The van der Waals surface area contributed by atoms with E-state index in [2.05, 4.69) is 10.4 Å². The van der Waals surface area contributed by atoms with Crippen LogP contribution in [0.25, 0.3) is 6.08 Å². The number of aromatic nitrogens is 2. The minimum absolute atomic E-state index is 0.171. The number of nitrogens with one attached hydrogen (secondary N) is 1. The average Bonchev–Trinajstić information content (AvgIpc) is 2.70. The maximum Gasteiger partial charge on any atom is 0.244 e. The molecule has 1 unspecified atom stereocenters. The van der Waals surface area contributed by atoms with Crippen LogP contribution in [0.2, 0.25) is 0 Å². The molecule has 0 aliphatic carbocycles. The summed E-state index contributed by atoms with van der Waals surface area (Å²) in [6.45, 7) is 0.372. The van der Waals surface area contributed by atoms with Gasteiger partial charge in [-0.1, -0.05) is 0 Å². The topological polar surface area (TPSA) is 76.4 Å². The molecule has 0 saturated carbocycles. The lowest BCUT2D eigenvalue weighted by Crippen LogP contribution is -2.33. The molecule has 1 aromatic heterocycles. The van der Waals surface area contributed by atoms with Crippen molar-refractivity contribution in [1.29, 1.82) is 0 Å². The second kappa shape index (κ2) is 6.82. The second-order valence-electron chi connectivity index (χ2n) is 3.63. The largest absolute Gasteiger partial charge is 0.389 e. The molecule has 6 heteroatoms. The van der Waals surface area contributed by atoms with Crippen LogP contribution in [0.1, 0.15) is 5.56 Å². The minimum atomic E-state index is -0.684. The lowest BCUT2D eigenvalue weighted by atomic mass is 10.3. The third-order valence-corrected chi connectivity index (χ3v) is 2.02. The van der Waals surface area contributed by atoms with Gasteiger partial charge in [0.05, 0.1) is 18.9 Å². The Morgan fingerprint density at radius 2 is 2.53 bits per heavy atom. The van der Waals surface area contributed by atoms with Crippen molar-refractivity contribution in [2.45, 2.75) is 6.10 Å². The highest BCUT2D eigenvalue weighted by atomic mass is 16.5. The molecule has 0 aliphatic rings. The monoisotopic (exact) mass is 239 g/mol. The van der Waals surface area contributed by atoms with Gasteiger partial charge in [0.15, 0.2) is 0 Å². The van der Waals surface area contributed by atoms with Crippen molar-refractivity contribution in [1.82, 2.24) is 15.1 Å². The molecule has 0 saturated heterocycles. The van der Waals surface area contributed by atoms with Crippen LogP contribution in [0.4, 0.5) is 0 Å². The summed E-state index contributed by atoms with van der Waals surface area (Å²) in [5.74, 6) is -0.260. The first-order valence-electron chi connectivity index (χ1n) is 5.23. The summed E-state index contributed by atoms with van der Waals surface area (Å²) in [6, 6.07) is 0. The number of carbonyl (C=O) groups is 1. The Hall–Kier alpha value is -1.66. The minimum Gasteiger partial charge on any atom is -0.389 e. The van der Waals surface area contributed by atoms with Crippen LogP contribution >= 0.6 is 0 Å². The molecule has 1 heterocycles. The molecule has 1 atom stereocenters. The summed E-state index contributed by atoms with van der Waals surface area (Å²) in [7, 11) is 3.30. The molecular formula is C11H17N3O3. The standard InChI is InChI=1S/C11H17N3O3/c1-14-7-9(5-13-14)3-4-11(16)12-6-10(15)8-17-2/h3-5,7,10,15H,6,8H2,1-2H3,(H,12,16). The summed E-state index contributed by atoms with van der Waals surface area (Å²) in [5.41, 5.74) is 0.847. The van der Waals surface area contributed by atoms with E-state index in [0.29, 0.717) is 0 Å². The highest BCUT2D eigenvalue weighted by Gasteiger charge is 2.04. The fourth-order valence-electron chi connectivity index (χ4n) is 1.23. The van der Waals surface area contributed by atoms with Gasteiger partial charge in [-0.05, 0) is 6.08 Å². The van der Waals surface area contributed by atoms with Gasteiger partial charge in [-0.25, -0.2) is 0 Å². The van der Waals surface area contributed by atoms with Crippen LogP contribution in [-0.2, 0) is 16.6 Å². The third-order valence-electron chi connectivity index (χ3n) is 2.02. The van der Waals surface area contributed by atoms with Crippen molar-refractivity contribution in [3.8, 4) is 0 Å². The summed E-state index contributed by atoms with van der Waals surface area (Å²) in [4.78, 5) is 11.4. The summed E-state index contributed by atoms with van der Waals surface area (Å²) in [6.07, 6.45) is 5.82. The normalized spacial score (nSPS) is 12.9. The molecule has 0 fully saturated rings. The Bertz CT molecular complexity index is 387. The van der Waals surface area contributed by atoms with E-state index >= 15 is 0 Å². The van der Waals surface area contributed by atoms with E-state index in [9.17, 15) is 9.90 Å². The van der Waals surface area contributed by atoms with Gasteiger partial charge in [-0.2, -0.15) is 5.10 Å². The fraction of sp³-hybridized carbons (Fsp3) is 0.455. The van der Waals surface area contributed by atoms with Gasteiger partial charge in [0.1, 0.15) is 0 Å². The lowest BCUT2D eigenvalue weighted by molar-refractivity contribution is -0.117. The summed E-state index contributed by atoms with van der Waals surface area (Å²) >= 11 is 0. The third kappa shape index (κ3) is 5.28. The molecule has 1 amide bonds. The first-order chi connectivity index (χ1) is 8.11. The first kappa shape index (κ1) is 13.4. The highest BCUT2D eigenvalue weighted by molar-refractivity contribution is 5.91. The summed E-state index contributed by atoms with van der Waals surface area (Å²) in [5, 5.41) is 15.8. The van der Waals surface area contributed by atoms with Gasteiger partial charge >= 0.3 is 0 Å². The molecule has 0 spiro atoms. The van der Waals surface area contributed by atoms with Gasteiger partial charge in [0.2, 0.25) is 5.91 Å². The fourth-order valence-corrected chi connectivity index (χ4v) is 1.23. The Labute approximate surface area is 99.9 Å². The SMILES string of the molecule is COCC(O)CNC(=O)C=Cc1cnn(C)c1. The zero-order valence-electron chi connectivity index (χ0n) is 9.96. The van der Waals surface area contributed by atoms with E-state index in [0.717, 1.165) is 5.56 Å². The Kier molecular flexibility index (Phi) is 5.38. The molecule has 1 aromatic rings. The average molecular weight is 239 g/mol. The first-order valence-corrected chi connectivity index (χ1v) is 5.23. The predicted octanol–water partition coefficient (Wildman–Crippen LogP) is -0.443. The molecule has 0 aliphatic heterocycles. The zero-order chi connectivity index (χ0) is 12.7. The highest BCUT2D eigenvalue weighted by Crippen LogP contribution is 1.98. The molecule has 2 N–H and O–H groups in total. The van der Waals surface area contributed by atoms with Crippen molar-refractivity contribution in [2.24, 2.45) is 7.05 Å². The number of amides is 1. The van der Waals surface area contributed by atoms with Gasteiger partial charge in [-0.15, -0.1) is 0 Å². The number of aliphatic hydroxyl groups is 1. The molecule has 6 nitrogen and oxygen atoms in total. The number of nitrogens with zero attached hydrogens (tertiary/aromatic N) is 2. The van der Waals surface area contributed by atoms with Crippen LogP contribution in [0.15, 0.2) is 18.5 Å². The Morgan fingerprint density at radius 1 is 1.76 bits per heavy atom. The van der Waals surface area contributed by atoms with Crippen LogP contribution < -0.4 is 5.32 Å². The summed E-state index contributed by atoms with van der Waals surface area (Å²) < 4.78 is 6.39. The molecule has 1 rings (SSSR count). The number of aryl methyl sites for hydroxylation is 1. The van der Waals surface area contributed by atoms with Crippen LogP contribution in [0.5, 0.6) is 0 Å². The number of hydrogen-bond acceptors (Lipinski definition) is 4. The molecule has 0 aromatic carbocycles. The molecular weight excluding hydrogens is 222 g/mol. The quantitative estimate of drug-likeness (QED) is 0.660. The number of ether oxygens (including phenoxy) is 1. The molecule has 0 bridgehead atoms. The van der Waals surface area contributed by atoms with Crippen LogP contribution in [0, 0.1) is 0 Å². The van der Waals surface area contributed by atoms with Gasteiger partial charge in [0, 0.05) is 38.5 Å². The van der Waals surface area contributed by atoms with E-state index in [4.69, 9.17) is 4.74 Å². The Morgan fingerprint density at radius 3 is 3.12 bits per heavy atom. The maximum atomic E-state index is 11.4. The van der Waals surface area contributed by atoms with Crippen LogP contribution in [0.3, 0.4) is 0 Å². The van der Waals surface area contributed by atoms with E-state index in [1.165, 1.54) is 13.2 Å². The number of hydrogen-bond donors (Lipinski definition) is 2. The van der Waals surface area contributed by atoms with E-state index in [1.807, 2.05) is 0 Å². The van der Waals surface area contributed by atoms with Crippen molar-refractivity contribution in [3.63, 3.8) is 0 Å². The van der Waals surface area contributed by atoms with Gasteiger partial charge < -0.3 is 15.2 Å². The van der Waals surface area contributed by atoms with Gasteiger partial charge in [-0.3, -0.25) is 9.48 Å². The van der Waals surface area contributed by atoms with E-state index in [-0.39, 0.29) is 19.1 Å². The second-order valence-corrected chi connectivity index (χ2v) is 3.63. The molecule has 94 valence electrons. The van der Waals surface area contributed by atoms with Crippen molar-refractivity contribution >= 4 is 12.0 Å². The van der Waals surface area contributed by atoms with Crippen molar-refractivity contribution < 1.29 is 14.6 Å². The smallest absolute Gasteiger partial charge is 0.244 e. The maximum absolute atomic E-state index is 11.4. The van der Waals surface area contributed by atoms with Crippen molar-refractivity contribution in [2.75, 3.05) is 20.3 Å². The van der Waals surface area contributed by atoms with Crippen LogP contribution in [-0.4, -0.2) is 47.2 Å². The number of aliphatic hydroxyl groups excluding tert-OH is 1. The Balaban J connectivity index is 2.32. The lowest BCUT2D eigenvalue weighted by Gasteiger charge is -2.08. The number of carbonyl (C=O) groups excluding carboxylic acids is 1. The predicted molar refractivity (Wildman–Crippen MR) is 63.1 cm³/mol.